The van der Waals surface area contributed by atoms with E-state index in [0.717, 1.165) is 40.7 Å². The molecule has 0 spiro atoms. The Morgan fingerprint density at radius 1 is 0.897 bits per heavy atom. The third kappa shape index (κ3) is 3.74. The molecule has 11 nitrogen and oxygen atoms in total. The van der Waals surface area contributed by atoms with Gasteiger partial charge in [-0.05, 0) is 55.3 Å². The van der Waals surface area contributed by atoms with Gasteiger partial charge >= 0.3 is 0 Å². The van der Waals surface area contributed by atoms with Gasteiger partial charge in [0.15, 0.2) is 23.0 Å². The number of H-pyrrole nitrogens is 2. The maximum Gasteiger partial charge on any atom is 0.231 e. The summed E-state index contributed by atoms with van der Waals surface area (Å²) in [5, 5.41) is 10.5. The Morgan fingerprint density at radius 2 is 1.79 bits per heavy atom. The summed E-state index contributed by atoms with van der Waals surface area (Å²) in [6, 6.07) is 13.3. The van der Waals surface area contributed by atoms with Crippen LogP contribution in [0.2, 0.25) is 0 Å². The summed E-state index contributed by atoms with van der Waals surface area (Å²) in [4.78, 5) is 34.2. The third-order valence-electron chi connectivity index (χ3n) is 6.93. The highest BCUT2D eigenvalue weighted by molar-refractivity contribution is 5.96. The van der Waals surface area contributed by atoms with Crippen LogP contribution in [-0.4, -0.2) is 47.8 Å². The summed E-state index contributed by atoms with van der Waals surface area (Å²) in [6.07, 6.45) is 7.00. The van der Waals surface area contributed by atoms with Crippen LogP contribution in [0.5, 0.6) is 11.5 Å². The van der Waals surface area contributed by atoms with Crippen molar-refractivity contribution < 1.29 is 14.3 Å². The number of nitrogens with one attached hydrogen (secondary N) is 3. The molecule has 0 bridgehead atoms. The molecule has 6 aromatic rings. The number of carbonyl (C=O) groups is 1. The van der Waals surface area contributed by atoms with Crippen molar-refractivity contribution in [3.05, 3.63) is 61.1 Å². The maximum absolute atomic E-state index is 12.2. The molecule has 1 saturated carbocycles. The first-order valence-corrected chi connectivity index (χ1v) is 12.6. The van der Waals surface area contributed by atoms with Crippen LogP contribution in [-0.2, 0) is 4.79 Å². The van der Waals surface area contributed by atoms with Gasteiger partial charge in [0, 0.05) is 29.4 Å². The number of pyridine rings is 3. The fourth-order valence-corrected chi connectivity index (χ4v) is 4.77. The number of amides is 1. The molecule has 1 aliphatic heterocycles. The fraction of sp³-hybridized carbons (Fsp3) is 0.143. The molecular weight excluding hydrogens is 496 g/mol. The molecule has 1 fully saturated rings. The number of hydrogen-bond donors (Lipinski definition) is 3. The lowest BCUT2D eigenvalue weighted by molar-refractivity contribution is -0.117. The van der Waals surface area contributed by atoms with Gasteiger partial charge in [0.1, 0.15) is 11.0 Å². The summed E-state index contributed by atoms with van der Waals surface area (Å²) in [7, 11) is 0. The maximum atomic E-state index is 12.2. The molecule has 1 aliphatic carbocycles. The van der Waals surface area contributed by atoms with E-state index in [-0.39, 0.29) is 18.6 Å². The molecule has 1 amide bonds. The van der Waals surface area contributed by atoms with Gasteiger partial charge in [-0.2, -0.15) is 5.10 Å². The van der Waals surface area contributed by atoms with Crippen LogP contribution in [0.4, 0.5) is 5.69 Å². The second-order valence-electron chi connectivity index (χ2n) is 9.60. The highest BCUT2D eigenvalue weighted by atomic mass is 16.7. The van der Waals surface area contributed by atoms with Gasteiger partial charge in [-0.1, -0.05) is 0 Å². The number of fused-ring (bicyclic) bond motifs is 3. The first kappa shape index (κ1) is 21.7. The molecular formula is C28H20N8O3. The predicted octanol–water partition coefficient (Wildman–Crippen LogP) is 4.70. The average molecular weight is 517 g/mol. The Morgan fingerprint density at radius 3 is 2.72 bits per heavy atom. The van der Waals surface area contributed by atoms with Crippen molar-refractivity contribution in [2.75, 3.05) is 12.1 Å². The van der Waals surface area contributed by atoms with E-state index in [1.54, 1.807) is 18.6 Å². The minimum atomic E-state index is 0.0361. The molecule has 6 heterocycles. The minimum Gasteiger partial charge on any atom is -0.454 e. The molecule has 5 aromatic heterocycles. The van der Waals surface area contributed by atoms with Crippen molar-refractivity contribution in [3.63, 3.8) is 0 Å². The van der Waals surface area contributed by atoms with Gasteiger partial charge in [-0.3, -0.25) is 19.9 Å². The number of hydrogen-bond acceptors (Lipinski definition) is 8. The molecule has 3 N–H and O–H groups in total. The molecule has 0 saturated heterocycles. The van der Waals surface area contributed by atoms with Gasteiger partial charge in [-0.15, -0.1) is 0 Å². The van der Waals surface area contributed by atoms with Gasteiger partial charge in [0.2, 0.25) is 12.7 Å². The Bertz CT molecular complexity index is 1920. The largest absolute Gasteiger partial charge is 0.454 e. The van der Waals surface area contributed by atoms with E-state index in [9.17, 15) is 4.79 Å². The number of aromatic amines is 2. The SMILES string of the molecule is O=C(Nc1cncc(-c2ccc3[nH]nc(-c4nc5c(-c6ccc7c(c6)OCO7)nccc5[nH]4)c3n2)c1)C1CC1. The van der Waals surface area contributed by atoms with Crippen LogP contribution >= 0.6 is 0 Å². The quantitative estimate of drug-likeness (QED) is 0.299. The lowest BCUT2D eigenvalue weighted by Crippen LogP contribution is -2.13. The van der Waals surface area contributed by atoms with Crippen LogP contribution in [0.3, 0.4) is 0 Å². The monoisotopic (exact) mass is 516 g/mol. The number of benzene rings is 1. The van der Waals surface area contributed by atoms with Crippen molar-refractivity contribution >= 4 is 33.7 Å². The van der Waals surface area contributed by atoms with Gasteiger partial charge < -0.3 is 19.8 Å². The smallest absolute Gasteiger partial charge is 0.231 e. The van der Waals surface area contributed by atoms with E-state index in [0.29, 0.717) is 45.4 Å². The molecule has 1 aromatic carbocycles. The summed E-state index contributed by atoms with van der Waals surface area (Å²) in [5.74, 6) is 2.11. The summed E-state index contributed by atoms with van der Waals surface area (Å²) in [6.45, 7) is 0.208. The molecule has 11 heteroatoms. The fourth-order valence-electron chi connectivity index (χ4n) is 4.77. The Balaban J connectivity index is 1.18. The second-order valence-corrected chi connectivity index (χ2v) is 9.60. The third-order valence-corrected chi connectivity index (χ3v) is 6.93. The molecule has 2 aliphatic rings. The zero-order chi connectivity index (χ0) is 25.9. The lowest BCUT2D eigenvalue weighted by atomic mass is 10.1. The van der Waals surface area contributed by atoms with Crippen LogP contribution in [0, 0.1) is 5.92 Å². The molecule has 0 atom stereocenters. The van der Waals surface area contributed by atoms with E-state index in [1.165, 1.54) is 0 Å². The Hall–Kier alpha value is -5.32. The van der Waals surface area contributed by atoms with Crippen molar-refractivity contribution in [2.24, 2.45) is 5.92 Å². The van der Waals surface area contributed by atoms with E-state index >= 15 is 0 Å². The number of aromatic nitrogens is 7. The van der Waals surface area contributed by atoms with Gasteiger partial charge in [-0.25, -0.2) is 9.97 Å². The minimum absolute atomic E-state index is 0.0361. The van der Waals surface area contributed by atoms with Crippen LogP contribution < -0.4 is 14.8 Å². The van der Waals surface area contributed by atoms with Crippen molar-refractivity contribution in [3.8, 4) is 45.5 Å². The molecule has 8 rings (SSSR count). The van der Waals surface area contributed by atoms with Gasteiger partial charge in [0.05, 0.1) is 34.3 Å². The van der Waals surface area contributed by atoms with E-state index in [1.807, 2.05) is 42.5 Å². The molecule has 190 valence electrons. The summed E-state index contributed by atoms with van der Waals surface area (Å²) in [5.41, 5.74) is 7.30. The second kappa shape index (κ2) is 8.35. The number of ether oxygens (including phenoxy) is 2. The number of imidazole rings is 1. The Kier molecular flexibility index (Phi) is 4.65. The first-order chi connectivity index (χ1) is 19.2. The molecule has 0 unspecified atom stereocenters. The van der Waals surface area contributed by atoms with Gasteiger partial charge in [0.25, 0.3) is 0 Å². The lowest BCUT2D eigenvalue weighted by Gasteiger charge is -2.06. The number of carbonyl (C=O) groups excluding carboxylic acids is 1. The van der Waals surface area contributed by atoms with Crippen LogP contribution in [0.15, 0.2) is 61.1 Å². The van der Waals surface area contributed by atoms with E-state index < -0.39 is 0 Å². The standard InChI is InChI=1S/C28H20N8O3/c37-28(14-1-2-14)31-17-9-16(11-29-12-17)18-4-5-20-25(32-18)26(36-35-20)27-33-19-7-8-30-23(24(19)34-27)15-3-6-21-22(10-15)39-13-38-21/h3-12,14H,1-2,13H2,(H,31,37)(H,33,34)(H,35,36). The topological polar surface area (TPSA) is 144 Å². The zero-order valence-corrected chi connectivity index (χ0v) is 20.4. The molecule has 39 heavy (non-hydrogen) atoms. The van der Waals surface area contributed by atoms with E-state index in [2.05, 4.69) is 30.5 Å². The predicted molar refractivity (Wildman–Crippen MR) is 143 cm³/mol. The van der Waals surface area contributed by atoms with E-state index in [4.69, 9.17) is 19.4 Å². The van der Waals surface area contributed by atoms with Crippen LogP contribution in [0.25, 0.3) is 56.1 Å². The highest BCUT2D eigenvalue weighted by Crippen LogP contribution is 2.37. The zero-order valence-electron chi connectivity index (χ0n) is 20.4. The summed E-state index contributed by atoms with van der Waals surface area (Å²) < 4.78 is 11.0. The highest BCUT2D eigenvalue weighted by Gasteiger charge is 2.29. The first-order valence-electron chi connectivity index (χ1n) is 12.6. The van der Waals surface area contributed by atoms with Crippen molar-refractivity contribution in [1.82, 2.24) is 35.1 Å². The number of rotatable bonds is 5. The van der Waals surface area contributed by atoms with Crippen LogP contribution in [0.1, 0.15) is 12.8 Å². The number of anilines is 1. The average Bonchev–Trinajstić information content (AvgIpc) is 3.36. The Labute approximate surface area is 220 Å². The van der Waals surface area contributed by atoms with Crippen molar-refractivity contribution in [2.45, 2.75) is 12.8 Å². The molecule has 0 radical (unpaired) electrons. The number of nitrogens with zero attached hydrogens (tertiary/aromatic N) is 5. The summed E-state index contributed by atoms with van der Waals surface area (Å²) >= 11 is 0. The van der Waals surface area contributed by atoms with Crippen molar-refractivity contribution in [1.29, 1.82) is 0 Å². The normalized spacial score (nSPS) is 14.3.